The molecule has 0 aromatic carbocycles. The predicted octanol–water partition coefficient (Wildman–Crippen LogP) is -0.443. The van der Waals surface area contributed by atoms with Gasteiger partial charge in [0, 0.05) is 33.5 Å². The Morgan fingerprint density at radius 2 is 2.00 bits per heavy atom. The molecule has 108 valence electrons. The molecule has 7 nitrogen and oxygen atoms in total. The Labute approximate surface area is 112 Å². The van der Waals surface area contributed by atoms with Crippen LogP contribution in [0.2, 0.25) is 0 Å². The molecule has 1 aliphatic heterocycles. The summed E-state index contributed by atoms with van der Waals surface area (Å²) >= 11 is 0. The molecule has 0 saturated carbocycles. The van der Waals surface area contributed by atoms with E-state index in [4.69, 9.17) is 9.84 Å². The maximum atomic E-state index is 11.9. The first-order chi connectivity index (χ1) is 8.93. The van der Waals surface area contributed by atoms with Gasteiger partial charge >= 0.3 is 5.97 Å². The molecule has 0 aromatic heterocycles. The number of hydrogen-bond acceptors (Lipinski definition) is 4. The first-order valence-corrected chi connectivity index (χ1v) is 6.23. The number of ether oxygens (including phenoxy) is 1. The lowest BCUT2D eigenvalue weighted by atomic mass is 10.1. The number of rotatable bonds is 5. The number of carbonyl (C=O) groups is 3. The number of amides is 2. The van der Waals surface area contributed by atoms with Crippen LogP contribution in [0.25, 0.3) is 0 Å². The zero-order valence-corrected chi connectivity index (χ0v) is 11.3. The van der Waals surface area contributed by atoms with Crippen molar-refractivity contribution in [2.75, 3.05) is 33.9 Å². The van der Waals surface area contributed by atoms with E-state index >= 15 is 0 Å². The molecule has 19 heavy (non-hydrogen) atoms. The average Bonchev–Trinajstić information content (AvgIpc) is 2.38. The maximum absolute atomic E-state index is 11.9. The Hall–Kier alpha value is -1.63. The van der Waals surface area contributed by atoms with Crippen molar-refractivity contribution in [2.45, 2.75) is 25.3 Å². The molecule has 0 aliphatic carbocycles. The quantitative estimate of drug-likeness (QED) is 0.733. The lowest BCUT2D eigenvalue weighted by Crippen LogP contribution is -2.52. The lowest BCUT2D eigenvalue weighted by molar-refractivity contribution is -0.158. The van der Waals surface area contributed by atoms with E-state index < -0.39 is 12.0 Å². The summed E-state index contributed by atoms with van der Waals surface area (Å²) in [6.45, 7) is 0.668. The summed E-state index contributed by atoms with van der Waals surface area (Å²) in [6, 6.07) is -0.911. The van der Waals surface area contributed by atoms with E-state index in [2.05, 4.69) is 0 Å². The van der Waals surface area contributed by atoms with Crippen LogP contribution >= 0.6 is 0 Å². The minimum Gasteiger partial charge on any atom is -0.480 e. The van der Waals surface area contributed by atoms with Crippen LogP contribution in [-0.2, 0) is 19.1 Å². The molecule has 1 saturated heterocycles. The minimum atomic E-state index is -1.06. The van der Waals surface area contributed by atoms with Crippen molar-refractivity contribution in [3.05, 3.63) is 0 Å². The van der Waals surface area contributed by atoms with Crippen LogP contribution in [-0.4, -0.2) is 72.6 Å². The van der Waals surface area contributed by atoms with Gasteiger partial charge in [-0.25, -0.2) is 4.79 Å². The fourth-order valence-corrected chi connectivity index (χ4v) is 1.86. The van der Waals surface area contributed by atoms with Gasteiger partial charge in [-0.1, -0.05) is 0 Å². The van der Waals surface area contributed by atoms with Gasteiger partial charge in [0.15, 0.2) is 6.04 Å². The van der Waals surface area contributed by atoms with E-state index in [0.29, 0.717) is 19.4 Å². The number of hydrogen-bond donors (Lipinski definition) is 1. The van der Waals surface area contributed by atoms with Crippen molar-refractivity contribution in [1.82, 2.24) is 9.80 Å². The summed E-state index contributed by atoms with van der Waals surface area (Å²) in [5.41, 5.74) is 0. The molecular formula is C12H20N2O5. The number of aliphatic carboxylic acids is 1. The summed E-state index contributed by atoms with van der Waals surface area (Å²) in [4.78, 5) is 37.1. The molecule has 0 bridgehead atoms. The van der Waals surface area contributed by atoms with E-state index in [-0.39, 0.29) is 31.4 Å². The smallest absolute Gasteiger partial charge is 0.328 e. The fourth-order valence-electron chi connectivity index (χ4n) is 1.86. The van der Waals surface area contributed by atoms with Crippen molar-refractivity contribution in [2.24, 2.45) is 0 Å². The first-order valence-electron chi connectivity index (χ1n) is 6.23. The molecule has 1 N–H and O–H groups in total. The van der Waals surface area contributed by atoms with Crippen molar-refractivity contribution in [3.8, 4) is 0 Å². The molecule has 7 heteroatoms. The number of carbonyl (C=O) groups excluding carboxylic acids is 2. The molecule has 1 atom stereocenters. The summed E-state index contributed by atoms with van der Waals surface area (Å²) in [6.07, 6.45) is 0.906. The van der Waals surface area contributed by atoms with Gasteiger partial charge in [0.2, 0.25) is 11.8 Å². The standard InChI is InChI=1S/C12H20N2O5/c1-13(2)10(15)4-3-5-11(16)14-6-7-19-8-9(14)12(17)18/h9H,3-8H2,1-2H3,(H,17,18). The Balaban J connectivity index is 2.43. The van der Waals surface area contributed by atoms with Crippen LogP contribution in [0, 0.1) is 0 Å². The van der Waals surface area contributed by atoms with Crippen LogP contribution in [0.1, 0.15) is 19.3 Å². The summed E-state index contributed by atoms with van der Waals surface area (Å²) in [5, 5.41) is 9.01. The van der Waals surface area contributed by atoms with Gasteiger partial charge in [-0.2, -0.15) is 0 Å². The third kappa shape index (κ3) is 4.51. The zero-order valence-electron chi connectivity index (χ0n) is 11.3. The molecule has 0 aromatic rings. The third-order valence-electron chi connectivity index (χ3n) is 3.01. The SMILES string of the molecule is CN(C)C(=O)CCCC(=O)N1CCOCC1C(=O)O. The van der Waals surface area contributed by atoms with Gasteiger partial charge in [0.25, 0.3) is 0 Å². The van der Waals surface area contributed by atoms with Gasteiger partial charge in [-0.3, -0.25) is 9.59 Å². The van der Waals surface area contributed by atoms with Crippen LogP contribution < -0.4 is 0 Å². The highest BCUT2D eigenvalue weighted by molar-refractivity contribution is 5.84. The van der Waals surface area contributed by atoms with E-state index in [0.717, 1.165) is 0 Å². The van der Waals surface area contributed by atoms with E-state index in [1.54, 1.807) is 14.1 Å². The fraction of sp³-hybridized carbons (Fsp3) is 0.750. The van der Waals surface area contributed by atoms with Gasteiger partial charge in [-0.05, 0) is 6.42 Å². The number of morpholine rings is 1. The summed E-state index contributed by atoms with van der Waals surface area (Å²) in [7, 11) is 3.32. The minimum absolute atomic E-state index is 0.0255. The van der Waals surface area contributed by atoms with Gasteiger partial charge in [0.05, 0.1) is 13.2 Å². The van der Waals surface area contributed by atoms with Gasteiger partial charge in [0.1, 0.15) is 0 Å². The van der Waals surface area contributed by atoms with Crippen molar-refractivity contribution in [1.29, 1.82) is 0 Å². The van der Waals surface area contributed by atoms with Crippen LogP contribution in [0.5, 0.6) is 0 Å². The van der Waals surface area contributed by atoms with Crippen molar-refractivity contribution < 1.29 is 24.2 Å². The molecule has 0 radical (unpaired) electrons. The predicted molar refractivity (Wildman–Crippen MR) is 66.5 cm³/mol. The molecule has 1 heterocycles. The Morgan fingerprint density at radius 3 is 2.58 bits per heavy atom. The van der Waals surface area contributed by atoms with Crippen LogP contribution in [0.15, 0.2) is 0 Å². The van der Waals surface area contributed by atoms with E-state index in [1.165, 1.54) is 9.80 Å². The summed E-state index contributed by atoms with van der Waals surface area (Å²) < 4.78 is 5.06. The molecule has 1 unspecified atom stereocenters. The van der Waals surface area contributed by atoms with Crippen LogP contribution in [0.3, 0.4) is 0 Å². The Kier molecular flexibility index (Phi) is 5.75. The second-order valence-corrected chi connectivity index (χ2v) is 4.66. The first kappa shape index (κ1) is 15.4. The topological polar surface area (TPSA) is 87.2 Å². The molecule has 1 rings (SSSR count). The van der Waals surface area contributed by atoms with Crippen molar-refractivity contribution >= 4 is 17.8 Å². The molecule has 2 amide bonds. The molecule has 1 fully saturated rings. The molecule has 1 aliphatic rings. The third-order valence-corrected chi connectivity index (χ3v) is 3.01. The second kappa shape index (κ2) is 7.08. The van der Waals surface area contributed by atoms with Crippen molar-refractivity contribution in [3.63, 3.8) is 0 Å². The second-order valence-electron chi connectivity index (χ2n) is 4.66. The van der Waals surface area contributed by atoms with Gasteiger partial charge < -0.3 is 19.6 Å². The van der Waals surface area contributed by atoms with E-state index in [1.807, 2.05) is 0 Å². The monoisotopic (exact) mass is 272 g/mol. The Bertz CT molecular complexity index is 356. The normalized spacial score (nSPS) is 19.1. The highest BCUT2D eigenvalue weighted by Crippen LogP contribution is 2.11. The number of nitrogens with zero attached hydrogens (tertiary/aromatic N) is 2. The maximum Gasteiger partial charge on any atom is 0.328 e. The van der Waals surface area contributed by atoms with Gasteiger partial charge in [-0.15, -0.1) is 0 Å². The van der Waals surface area contributed by atoms with Crippen LogP contribution in [0.4, 0.5) is 0 Å². The molecular weight excluding hydrogens is 252 g/mol. The average molecular weight is 272 g/mol. The summed E-state index contributed by atoms with van der Waals surface area (Å²) in [5.74, 6) is -1.33. The largest absolute Gasteiger partial charge is 0.480 e. The number of carboxylic acid groups (broad SMARTS) is 1. The zero-order chi connectivity index (χ0) is 14.4. The number of carboxylic acids is 1. The highest BCUT2D eigenvalue weighted by Gasteiger charge is 2.32. The Morgan fingerprint density at radius 1 is 1.32 bits per heavy atom. The lowest BCUT2D eigenvalue weighted by Gasteiger charge is -2.32. The van der Waals surface area contributed by atoms with E-state index in [9.17, 15) is 14.4 Å². The highest BCUT2D eigenvalue weighted by atomic mass is 16.5. The molecule has 0 spiro atoms.